The highest BCUT2D eigenvalue weighted by atomic mass is 32.2. The monoisotopic (exact) mass is 606 g/mol. The molecule has 1 atom stereocenters. The number of aryl methyl sites for hydroxylation is 1. The Hall–Kier alpha value is -4.25. The van der Waals surface area contributed by atoms with Crippen LogP contribution in [0.2, 0.25) is 0 Å². The van der Waals surface area contributed by atoms with E-state index in [1.54, 1.807) is 19.4 Å². The summed E-state index contributed by atoms with van der Waals surface area (Å²) in [6.07, 6.45) is -4.18. The van der Waals surface area contributed by atoms with Crippen molar-refractivity contribution in [3.63, 3.8) is 0 Å². The maximum absolute atomic E-state index is 13.9. The summed E-state index contributed by atoms with van der Waals surface area (Å²) < 4.78 is 78.5. The first kappa shape index (κ1) is 30.2. The van der Waals surface area contributed by atoms with Gasteiger partial charge in [-0.15, -0.1) is 0 Å². The minimum Gasteiger partial charge on any atom is -0.360 e. The molecule has 0 saturated heterocycles. The largest absolute Gasteiger partial charge is 0.416 e. The molecular weight excluding hydrogens is 577 g/mol. The van der Waals surface area contributed by atoms with Gasteiger partial charge in [0.2, 0.25) is 0 Å². The Morgan fingerprint density at radius 3 is 1.72 bits per heavy atom. The molecule has 0 fully saturated rings. The minimum absolute atomic E-state index is 0.225. The van der Waals surface area contributed by atoms with Crippen LogP contribution >= 0.6 is 0 Å². The van der Waals surface area contributed by atoms with Crippen molar-refractivity contribution in [3.05, 3.63) is 156 Å². The fraction of sp³-hybridized carbons (Fsp3) is 0.182. The standard InChI is InChI=1S/C33H29F3N2O4S/c1-25-17-19-30(20-18-25)43(39,40)42-23-31(33(34,35)36)41-22-29-21-38(24-37-29)32(26-11-5-2-6-12-26,27-13-7-3-8-14-27)28-15-9-4-10-16-28/h2-21,24,31H,22-23H2,1H3. The van der Waals surface area contributed by atoms with E-state index in [9.17, 15) is 21.6 Å². The topological polar surface area (TPSA) is 70.4 Å². The third kappa shape index (κ3) is 6.56. The smallest absolute Gasteiger partial charge is 0.360 e. The number of hydrogen-bond acceptors (Lipinski definition) is 5. The van der Waals surface area contributed by atoms with Gasteiger partial charge >= 0.3 is 6.18 Å². The molecule has 0 saturated carbocycles. The van der Waals surface area contributed by atoms with Gasteiger partial charge in [0.1, 0.15) is 12.1 Å². The van der Waals surface area contributed by atoms with E-state index in [0.717, 1.165) is 22.3 Å². The molecule has 0 bridgehead atoms. The molecule has 1 aromatic heterocycles. The summed E-state index contributed by atoms with van der Waals surface area (Å²) in [6, 6.07) is 34.8. The number of halogens is 3. The minimum atomic E-state index is -4.88. The van der Waals surface area contributed by atoms with Crippen LogP contribution in [0.4, 0.5) is 13.2 Å². The van der Waals surface area contributed by atoms with Crippen LogP contribution in [0.5, 0.6) is 0 Å². The second-order valence-corrected chi connectivity index (χ2v) is 11.6. The second kappa shape index (κ2) is 12.5. The van der Waals surface area contributed by atoms with Crippen molar-refractivity contribution in [2.75, 3.05) is 6.61 Å². The first-order chi connectivity index (χ1) is 20.6. The molecule has 0 aliphatic rings. The van der Waals surface area contributed by atoms with E-state index in [-0.39, 0.29) is 10.6 Å². The van der Waals surface area contributed by atoms with Crippen molar-refractivity contribution < 1.29 is 30.5 Å². The number of benzene rings is 4. The van der Waals surface area contributed by atoms with E-state index in [1.165, 1.54) is 24.3 Å². The summed E-state index contributed by atoms with van der Waals surface area (Å²) in [5.41, 5.74) is 2.87. The Balaban J connectivity index is 1.44. The van der Waals surface area contributed by atoms with Crippen LogP contribution in [-0.2, 0) is 31.2 Å². The van der Waals surface area contributed by atoms with E-state index in [1.807, 2.05) is 95.6 Å². The highest BCUT2D eigenvalue weighted by molar-refractivity contribution is 7.86. The summed E-state index contributed by atoms with van der Waals surface area (Å²) in [5, 5.41) is 0. The van der Waals surface area contributed by atoms with E-state index in [2.05, 4.69) is 4.98 Å². The lowest BCUT2D eigenvalue weighted by Gasteiger charge is -2.37. The van der Waals surface area contributed by atoms with E-state index in [4.69, 9.17) is 8.92 Å². The number of rotatable bonds is 11. The summed E-state index contributed by atoms with van der Waals surface area (Å²) in [6.45, 7) is -0.00232. The highest BCUT2D eigenvalue weighted by Crippen LogP contribution is 2.40. The maximum atomic E-state index is 13.9. The predicted molar refractivity (Wildman–Crippen MR) is 156 cm³/mol. The first-order valence-corrected chi connectivity index (χ1v) is 14.9. The van der Waals surface area contributed by atoms with Gasteiger partial charge in [-0.05, 0) is 35.7 Å². The van der Waals surface area contributed by atoms with Crippen LogP contribution in [-0.4, -0.2) is 36.9 Å². The zero-order chi connectivity index (χ0) is 30.5. The third-order valence-electron chi connectivity index (χ3n) is 7.08. The van der Waals surface area contributed by atoms with Crippen LogP contribution < -0.4 is 0 Å². The van der Waals surface area contributed by atoms with Gasteiger partial charge in [0.15, 0.2) is 6.10 Å². The molecule has 10 heteroatoms. The number of aromatic nitrogens is 2. The lowest BCUT2D eigenvalue weighted by atomic mass is 9.77. The van der Waals surface area contributed by atoms with Crippen molar-refractivity contribution in [3.8, 4) is 0 Å². The molecule has 1 unspecified atom stereocenters. The van der Waals surface area contributed by atoms with Crippen LogP contribution in [0.1, 0.15) is 27.9 Å². The van der Waals surface area contributed by atoms with Gasteiger partial charge in [0.25, 0.3) is 10.1 Å². The molecule has 222 valence electrons. The molecule has 0 aliphatic heterocycles. The number of alkyl halides is 3. The first-order valence-electron chi connectivity index (χ1n) is 13.4. The van der Waals surface area contributed by atoms with Gasteiger partial charge in [0, 0.05) is 6.20 Å². The van der Waals surface area contributed by atoms with E-state index in [0.29, 0.717) is 0 Å². The molecule has 0 N–H and O–H groups in total. The van der Waals surface area contributed by atoms with Crippen LogP contribution in [0.15, 0.2) is 133 Å². The quantitative estimate of drug-likeness (QED) is 0.121. The van der Waals surface area contributed by atoms with Crippen LogP contribution in [0.25, 0.3) is 0 Å². The molecule has 0 radical (unpaired) electrons. The Morgan fingerprint density at radius 2 is 1.26 bits per heavy atom. The molecule has 1 heterocycles. The van der Waals surface area contributed by atoms with E-state index >= 15 is 0 Å². The van der Waals surface area contributed by atoms with Crippen molar-refractivity contribution in [2.24, 2.45) is 0 Å². The van der Waals surface area contributed by atoms with Crippen LogP contribution in [0.3, 0.4) is 0 Å². The molecule has 43 heavy (non-hydrogen) atoms. The van der Waals surface area contributed by atoms with Gasteiger partial charge in [-0.1, -0.05) is 109 Å². The molecule has 0 spiro atoms. The molecule has 0 aliphatic carbocycles. The van der Waals surface area contributed by atoms with Gasteiger partial charge in [-0.25, -0.2) is 4.98 Å². The van der Waals surface area contributed by atoms with Crippen molar-refractivity contribution in [2.45, 2.75) is 36.2 Å². The Kier molecular flexibility index (Phi) is 8.82. The lowest BCUT2D eigenvalue weighted by molar-refractivity contribution is -0.230. The Bertz CT molecular complexity index is 1630. The fourth-order valence-electron chi connectivity index (χ4n) is 4.95. The summed E-state index contributed by atoms with van der Waals surface area (Å²) in [5.74, 6) is 0. The Labute approximate surface area is 248 Å². The van der Waals surface area contributed by atoms with E-state index < -0.39 is 41.2 Å². The van der Waals surface area contributed by atoms with Gasteiger partial charge < -0.3 is 9.30 Å². The second-order valence-electron chi connectivity index (χ2n) is 9.97. The zero-order valence-electron chi connectivity index (χ0n) is 23.2. The number of imidazole rings is 1. The lowest BCUT2D eigenvalue weighted by Crippen LogP contribution is -2.37. The normalized spacial score (nSPS) is 13.1. The number of ether oxygens (including phenoxy) is 1. The summed E-state index contributed by atoms with van der Waals surface area (Å²) in [4.78, 5) is 4.15. The van der Waals surface area contributed by atoms with Crippen molar-refractivity contribution in [1.29, 1.82) is 0 Å². The number of hydrogen-bond donors (Lipinski definition) is 0. The summed E-state index contributed by atoms with van der Waals surface area (Å²) >= 11 is 0. The highest BCUT2D eigenvalue weighted by Gasteiger charge is 2.43. The average molecular weight is 607 g/mol. The van der Waals surface area contributed by atoms with Gasteiger partial charge in [0.05, 0.1) is 23.5 Å². The van der Waals surface area contributed by atoms with Gasteiger partial charge in [-0.3, -0.25) is 4.18 Å². The number of nitrogens with zero attached hydrogens (tertiary/aromatic N) is 2. The molecule has 4 aromatic carbocycles. The maximum Gasteiger partial charge on any atom is 0.416 e. The van der Waals surface area contributed by atoms with Gasteiger partial charge in [-0.2, -0.15) is 21.6 Å². The molecule has 5 rings (SSSR count). The molecular formula is C33H29F3N2O4S. The SMILES string of the molecule is Cc1ccc(S(=O)(=O)OCC(OCc2cn(C(c3ccccc3)(c3ccccc3)c3ccccc3)cn2)C(F)(F)F)cc1. The molecule has 5 aromatic rings. The van der Waals surface area contributed by atoms with Crippen molar-refractivity contribution >= 4 is 10.1 Å². The predicted octanol–water partition coefficient (Wildman–Crippen LogP) is 6.88. The molecule has 0 amide bonds. The summed E-state index contributed by atoms with van der Waals surface area (Å²) in [7, 11) is -4.42. The fourth-order valence-corrected chi connectivity index (χ4v) is 5.86. The Morgan fingerprint density at radius 1 is 0.767 bits per heavy atom. The average Bonchev–Trinajstić information content (AvgIpc) is 3.48. The van der Waals surface area contributed by atoms with Crippen LogP contribution in [0, 0.1) is 6.92 Å². The zero-order valence-corrected chi connectivity index (χ0v) is 24.0. The van der Waals surface area contributed by atoms with Crippen molar-refractivity contribution in [1.82, 2.24) is 9.55 Å². The molecule has 6 nitrogen and oxygen atoms in total. The third-order valence-corrected chi connectivity index (χ3v) is 8.38.